The van der Waals surface area contributed by atoms with Gasteiger partial charge >= 0.3 is 0 Å². The summed E-state index contributed by atoms with van der Waals surface area (Å²) in [7, 11) is 0. The highest BCUT2D eigenvalue weighted by Crippen LogP contribution is 2.28. The first-order valence-electron chi connectivity index (χ1n) is 9.61. The Balaban J connectivity index is 1.38. The van der Waals surface area contributed by atoms with Gasteiger partial charge in [-0.05, 0) is 47.8 Å². The molecule has 8 heteroatoms. The van der Waals surface area contributed by atoms with Gasteiger partial charge in [0.1, 0.15) is 17.9 Å². The fourth-order valence-electron chi connectivity index (χ4n) is 3.15. The molecule has 154 valence electrons. The molecule has 0 saturated carbocycles. The predicted octanol–water partition coefficient (Wildman–Crippen LogP) is 6.01. The van der Waals surface area contributed by atoms with Crippen molar-refractivity contribution in [3.8, 4) is 17.1 Å². The van der Waals surface area contributed by atoms with Gasteiger partial charge in [0.2, 0.25) is 5.89 Å². The van der Waals surface area contributed by atoms with E-state index in [0.717, 1.165) is 34.3 Å². The molecule has 0 N–H and O–H groups in total. The Hall–Kier alpha value is -3.23. The van der Waals surface area contributed by atoms with Crippen molar-refractivity contribution in [3.63, 3.8) is 0 Å². The largest absolute Gasteiger partial charge is 0.444 e. The highest BCUT2D eigenvalue weighted by molar-refractivity contribution is 7.98. The Morgan fingerprint density at radius 3 is 2.58 bits per heavy atom. The van der Waals surface area contributed by atoms with Gasteiger partial charge in [-0.1, -0.05) is 36.0 Å². The van der Waals surface area contributed by atoms with Crippen LogP contribution in [0.25, 0.3) is 17.1 Å². The van der Waals surface area contributed by atoms with Gasteiger partial charge in [0, 0.05) is 28.3 Å². The van der Waals surface area contributed by atoms with Crippen LogP contribution in [0.4, 0.5) is 4.39 Å². The van der Waals surface area contributed by atoms with E-state index in [4.69, 9.17) is 4.42 Å². The van der Waals surface area contributed by atoms with E-state index >= 15 is 0 Å². The number of benzene rings is 2. The Morgan fingerprint density at radius 2 is 1.81 bits per heavy atom. The number of para-hydroxylation sites is 1. The molecule has 5 rings (SSSR count). The zero-order chi connectivity index (χ0) is 21.0. The second-order valence-corrected chi connectivity index (χ2v) is 8.74. The van der Waals surface area contributed by atoms with Gasteiger partial charge in [-0.15, -0.1) is 21.5 Å². The molecule has 0 spiro atoms. The van der Waals surface area contributed by atoms with E-state index < -0.39 is 0 Å². The fourth-order valence-corrected chi connectivity index (χ4v) is 4.70. The average Bonchev–Trinajstić information content (AvgIpc) is 3.55. The lowest BCUT2D eigenvalue weighted by molar-refractivity contribution is 0.573. The Kier molecular flexibility index (Phi) is 5.64. The van der Waals surface area contributed by atoms with Gasteiger partial charge in [-0.2, -0.15) is 0 Å². The van der Waals surface area contributed by atoms with Crippen LogP contribution < -0.4 is 0 Å². The van der Waals surface area contributed by atoms with Crippen molar-refractivity contribution in [2.45, 2.75) is 17.3 Å². The smallest absolute Gasteiger partial charge is 0.226 e. The lowest BCUT2D eigenvalue weighted by Gasteiger charge is -2.09. The molecule has 0 saturated heterocycles. The van der Waals surface area contributed by atoms with Crippen LogP contribution >= 0.6 is 23.1 Å². The SMILES string of the molecule is Fc1ccc(-c2nc(CSc3nnc(Cc4cccs4)n3-c3ccccc3)co2)cc1. The van der Waals surface area contributed by atoms with Crippen LogP contribution in [-0.4, -0.2) is 19.7 Å². The molecule has 0 aliphatic heterocycles. The number of halogens is 1. The summed E-state index contributed by atoms with van der Waals surface area (Å²) in [4.78, 5) is 5.77. The van der Waals surface area contributed by atoms with Gasteiger partial charge in [0.25, 0.3) is 0 Å². The molecule has 0 aliphatic carbocycles. The second kappa shape index (κ2) is 8.87. The van der Waals surface area contributed by atoms with E-state index in [9.17, 15) is 4.39 Å². The van der Waals surface area contributed by atoms with Crippen LogP contribution in [0.5, 0.6) is 0 Å². The summed E-state index contributed by atoms with van der Waals surface area (Å²) in [5.74, 6) is 1.65. The molecule has 0 unspecified atom stereocenters. The summed E-state index contributed by atoms with van der Waals surface area (Å²) >= 11 is 3.26. The van der Waals surface area contributed by atoms with E-state index in [1.807, 2.05) is 36.4 Å². The average molecular weight is 449 g/mol. The zero-order valence-corrected chi connectivity index (χ0v) is 17.9. The predicted molar refractivity (Wildman–Crippen MR) is 120 cm³/mol. The fraction of sp³-hybridized carbons (Fsp3) is 0.0870. The molecule has 5 aromatic rings. The van der Waals surface area contributed by atoms with Crippen LogP contribution in [0.15, 0.2) is 87.9 Å². The molecular weight excluding hydrogens is 431 g/mol. The third kappa shape index (κ3) is 4.45. The van der Waals surface area contributed by atoms with Crippen LogP contribution in [0.1, 0.15) is 16.4 Å². The highest BCUT2D eigenvalue weighted by Gasteiger charge is 2.16. The molecule has 0 radical (unpaired) electrons. The second-order valence-electron chi connectivity index (χ2n) is 6.77. The van der Waals surface area contributed by atoms with E-state index in [0.29, 0.717) is 11.6 Å². The van der Waals surface area contributed by atoms with Gasteiger partial charge in [-0.3, -0.25) is 4.57 Å². The first kappa shape index (κ1) is 19.7. The van der Waals surface area contributed by atoms with Crippen LogP contribution in [0.3, 0.4) is 0 Å². The quantitative estimate of drug-likeness (QED) is 0.286. The van der Waals surface area contributed by atoms with E-state index in [1.165, 1.54) is 17.0 Å². The maximum Gasteiger partial charge on any atom is 0.226 e. The summed E-state index contributed by atoms with van der Waals surface area (Å²) in [5, 5.41) is 11.8. The standard InChI is InChI=1S/C23H17FN4OS2/c24-17-10-8-16(9-11-17)22-25-18(14-29-22)15-31-23-27-26-21(13-20-7-4-12-30-20)28(23)19-5-2-1-3-6-19/h1-12,14H,13,15H2. The van der Waals surface area contributed by atoms with Crippen molar-refractivity contribution in [3.05, 3.63) is 101 Å². The van der Waals surface area contributed by atoms with Crippen molar-refractivity contribution < 1.29 is 8.81 Å². The molecule has 5 nitrogen and oxygen atoms in total. The van der Waals surface area contributed by atoms with E-state index in [1.54, 1.807) is 41.5 Å². The van der Waals surface area contributed by atoms with Crippen molar-refractivity contribution in [2.75, 3.05) is 0 Å². The van der Waals surface area contributed by atoms with Crippen molar-refractivity contribution >= 4 is 23.1 Å². The van der Waals surface area contributed by atoms with Crippen LogP contribution in [0.2, 0.25) is 0 Å². The topological polar surface area (TPSA) is 56.7 Å². The molecule has 3 heterocycles. The number of hydrogen-bond acceptors (Lipinski definition) is 6. The van der Waals surface area contributed by atoms with Gasteiger partial charge < -0.3 is 4.42 Å². The van der Waals surface area contributed by atoms with Gasteiger partial charge in [-0.25, -0.2) is 9.37 Å². The maximum absolute atomic E-state index is 13.1. The Labute approximate surface area is 186 Å². The van der Waals surface area contributed by atoms with Crippen LogP contribution in [-0.2, 0) is 12.2 Å². The summed E-state index contributed by atoms with van der Waals surface area (Å²) in [6.45, 7) is 0. The third-order valence-electron chi connectivity index (χ3n) is 4.62. The molecular formula is C23H17FN4OS2. The van der Waals surface area contributed by atoms with Gasteiger partial charge in [0.15, 0.2) is 5.16 Å². The number of rotatable bonds is 7. The Bertz CT molecular complexity index is 1260. The summed E-state index contributed by atoms with van der Waals surface area (Å²) < 4.78 is 20.8. The molecule has 3 aromatic heterocycles. The van der Waals surface area contributed by atoms with Crippen molar-refractivity contribution in [2.24, 2.45) is 0 Å². The normalized spacial score (nSPS) is 11.1. The first-order valence-corrected chi connectivity index (χ1v) is 11.5. The minimum Gasteiger partial charge on any atom is -0.444 e. The molecule has 0 fully saturated rings. The first-order chi connectivity index (χ1) is 15.3. The molecule has 0 bridgehead atoms. The monoisotopic (exact) mass is 448 g/mol. The number of aromatic nitrogens is 4. The zero-order valence-electron chi connectivity index (χ0n) is 16.3. The molecule has 31 heavy (non-hydrogen) atoms. The number of nitrogens with zero attached hydrogens (tertiary/aromatic N) is 4. The number of thioether (sulfide) groups is 1. The van der Waals surface area contributed by atoms with Crippen molar-refractivity contribution in [1.82, 2.24) is 19.7 Å². The summed E-state index contributed by atoms with van der Waals surface area (Å²) in [6, 6.07) is 20.3. The van der Waals surface area contributed by atoms with Gasteiger partial charge in [0.05, 0.1) is 5.69 Å². The number of oxazole rings is 1. The summed E-state index contributed by atoms with van der Waals surface area (Å²) in [6.07, 6.45) is 2.35. The molecule has 0 amide bonds. The highest BCUT2D eigenvalue weighted by atomic mass is 32.2. The summed E-state index contributed by atoms with van der Waals surface area (Å²) in [5.41, 5.74) is 2.55. The maximum atomic E-state index is 13.1. The Morgan fingerprint density at radius 1 is 0.968 bits per heavy atom. The van der Waals surface area contributed by atoms with Crippen molar-refractivity contribution in [1.29, 1.82) is 0 Å². The molecule has 0 atom stereocenters. The number of hydrogen-bond donors (Lipinski definition) is 0. The minimum absolute atomic E-state index is 0.287. The lowest BCUT2D eigenvalue weighted by Crippen LogP contribution is -2.03. The lowest BCUT2D eigenvalue weighted by atomic mass is 10.2. The van der Waals surface area contributed by atoms with E-state index in [2.05, 4.69) is 31.2 Å². The molecule has 0 aliphatic rings. The number of thiophene rings is 1. The third-order valence-corrected chi connectivity index (χ3v) is 6.46. The van der Waals surface area contributed by atoms with E-state index in [-0.39, 0.29) is 5.82 Å². The molecule has 2 aromatic carbocycles. The van der Waals surface area contributed by atoms with Crippen LogP contribution in [0, 0.1) is 5.82 Å². The minimum atomic E-state index is -0.287.